The average molecular weight is 546 g/mol. The molecule has 0 bridgehead atoms. The first-order valence-electron chi connectivity index (χ1n) is 12.7. The molecule has 1 heterocycles. The number of nitrogens with one attached hydrogen (secondary N) is 2. The predicted molar refractivity (Wildman–Crippen MR) is 152 cm³/mol. The number of esters is 1. The van der Waals surface area contributed by atoms with Crippen LogP contribution in [0.1, 0.15) is 42.4 Å². The van der Waals surface area contributed by atoms with E-state index in [1.807, 2.05) is 48.5 Å². The zero-order valence-corrected chi connectivity index (χ0v) is 22.5. The second-order valence-electron chi connectivity index (χ2n) is 8.92. The van der Waals surface area contributed by atoms with Gasteiger partial charge in [0.15, 0.2) is 0 Å². The zero-order valence-electron chi connectivity index (χ0n) is 21.7. The Kier molecular flexibility index (Phi) is 9.28. The van der Waals surface area contributed by atoms with Gasteiger partial charge in [-0.3, -0.25) is 14.6 Å². The molecule has 0 spiro atoms. The van der Waals surface area contributed by atoms with Crippen LogP contribution < -0.4 is 10.6 Å². The van der Waals surface area contributed by atoms with Crippen LogP contribution in [0.5, 0.6) is 0 Å². The minimum absolute atomic E-state index is 0.0696. The Morgan fingerprint density at radius 3 is 2.26 bits per heavy atom. The fraction of sp³-hybridized carbons (Fsp3) is 0.194. The Balaban J connectivity index is 1.45. The highest BCUT2D eigenvalue weighted by molar-refractivity contribution is 6.30. The molecule has 1 unspecified atom stereocenters. The molecule has 0 saturated heterocycles. The normalized spacial score (nSPS) is 11.5. The number of benzene rings is 3. The second kappa shape index (κ2) is 13.0. The first-order valence-corrected chi connectivity index (χ1v) is 13.0. The van der Waals surface area contributed by atoms with Crippen LogP contribution in [0.15, 0.2) is 85.1 Å². The summed E-state index contributed by atoms with van der Waals surface area (Å²) in [7, 11) is 0. The Hall–Kier alpha value is -4.23. The van der Waals surface area contributed by atoms with Gasteiger partial charge in [-0.05, 0) is 78.6 Å². The van der Waals surface area contributed by atoms with E-state index in [1.54, 1.807) is 31.3 Å². The molecule has 3 aromatic carbocycles. The number of rotatable bonds is 10. The van der Waals surface area contributed by atoms with Crippen LogP contribution in [0.25, 0.3) is 22.3 Å². The van der Waals surface area contributed by atoms with Gasteiger partial charge in [0.25, 0.3) is 5.91 Å². The van der Waals surface area contributed by atoms with Gasteiger partial charge in [-0.1, -0.05) is 48.0 Å². The van der Waals surface area contributed by atoms with Crippen LogP contribution in [0.3, 0.4) is 0 Å². The molecule has 8 heteroatoms. The van der Waals surface area contributed by atoms with E-state index < -0.39 is 0 Å². The Labute approximate surface area is 232 Å². The van der Waals surface area contributed by atoms with E-state index in [1.165, 1.54) is 12.1 Å². The van der Waals surface area contributed by atoms with Gasteiger partial charge in [0.2, 0.25) is 0 Å². The molecular formula is C31H29ClFN3O3. The van der Waals surface area contributed by atoms with Crippen molar-refractivity contribution in [2.24, 2.45) is 0 Å². The van der Waals surface area contributed by atoms with E-state index in [0.717, 1.165) is 33.5 Å². The van der Waals surface area contributed by atoms with Gasteiger partial charge in [0.05, 0.1) is 13.0 Å². The molecule has 1 amide bonds. The monoisotopic (exact) mass is 545 g/mol. The number of amides is 1. The largest absolute Gasteiger partial charge is 0.466 e. The van der Waals surface area contributed by atoms with Crippen molar-refractivity contribution in [1.29, 1.82) is 0 Å². The molecule has 1 atom stereocenters. The van der Waals surface area contributed by atoms with Gasteiger partial charge in [0, 0.05) is 35.1 Å². The summed E-state index contributed by atoms with van der Waals surface area (Å²) < 4.78 is 18.1. The lowest BCUT2D eigenvalue weighted by atomic mass is 9.96. The summed E-state index contributed by atoms with van der Waals surface area (Å²) in [5, 5.41) is 6.79. The molecule has 0 fully saturated rings. The van der Waals surface area contributed by atoms with Gasteiger partial charge in [-0.2, -0.15) is 0 Å². The van der Waals surface area contributed by atoms with Crippen molar-refractivity contribution < 1.29 is 18.7 Å². The minimum Gasteiger partial charge on any atom is -0.466 e. The minimum atomic E-state index is -0.365. The number of hydrogen-bond donors (Lipinski definition) is 2. The highest BCUT2D eigenvalue weighted by Gasteiger charge is 2.15. The van der Waals surface area contributed by atoms with E-state index >= 15 is 0 Å². The first kappa shape index (κ1) is 27.8. The topological polar surface area (TPSA) is 80.3 Å². The van der Waals surface area contributed by atoms with Gasteiger partial charge in [-0.15, -0.1) is 0 Å². The van der Waals surface area contributed by atoms with E-state index in [2.05, 4.69) is 22.5 Å². The van der Waals surface area contributed by atoms with Crippen molar-refractivity contribution in [3.63, 3.8) is 0 Å². The SMILES string of the molecule is CCOC(=O)CCNC(=O)c1ccc(-c2cc(Cl)ccc2C(C)Nc2ccc(-c3ccc(F)cc3)cc2)cn1. The fourth-order valence-corrected chi connectivity index (χ4v) is 4.35. The summed E-state index contributed by atoms with van der Waals surface area (Å²) in [5.41, 5.74) is 5.84. The van der Waals surface area contributed by atoms with Gasteiger partial charge >= 0.3 is 5.97 Å². The van der Waals surface area contributed by atoms with Crippen molar-refractivity contribution in [3.05, 3.63) is 107 Å². The maximum Gasteiger partial charge on any atom is 0.307 e. The standard InChI is InChI=1S/C31H29ClFN3O3/c1-3-39-30(37)16-17-34-31(38)29-15-8-23(19-35-29)28-18-24(32)9-14-27(28)20(2)36-26-12-6-22(7-13-26)21-4-10-25(33)11-5-21/h4-15,18-20,36H,3,16-17H2,1-2H3,(H,34,38). The molecular weight excluding hydrogens is 517 g/mol. The average Bonchev–Trinajstić information content (AvgIpc) is 2.94. The molecule has 6 nitrogen and oxygen atoms in total. The second-order valence-corrected chi connectivity index (χ2v) is 9.36. The quantitative estimate of drug-likeness (QED) is 0.208. The van der Waals surface area contributed by atoms with Crippen molar-refractivity contribution in [2.75, 3.05) is 18.5 Å². The fourth-order valence-electron chi connectivity index (χ4n) is 4.17. The highest BCUT2D eigenvalue weighted by atomic mass is 35.5. The van der Waals surface area contributed by atoms with Gasteiger partial charge in [0.1, 0.15) is 11.5 Å². The molecule has 39 heavy (non-hydrogen) atoms. The summed E-state index contributed by atoms with van der Waals surface area (Å²) in [6.45, 7) is 4.27. The lowest BCUT2D eigenvalue weighted by molar-refractivity contribution is -0.142. The first-order chi connectivity index (χ1) is 18.8. The molecule has 1 aromatic heterocycles. The van der Waals surface area contributed by atoms with Crippen LogP contribution in [0.2, 0.25) is 5.02 Å². The number of carbonyl (C=O) groups excluding carboxylic acids is 2. The maximum atomic E-state index is 13.2. The lowest BCUT2D eigenvalue weighted by Crippen LogP contribution is -2.27. The van der Waals surface area contributed by atoms with Crippen LogP contribution in [-0.4, -0.2) is 30.0 Å². The molecule has 4 rings (SSSR count). The Bertz CT molecular complexity index is 1430. The maximum absolute atomic E-state index is 13.2. The highest BCUT2D eigenvalue weighted by Crippen LogP contribution is 2.33. The number of carbonyl (C=O) groups is 2. The summed E-state index contributed by atoms with van der Waals surface area (Å²) in [6, 6.07) is 23.5. The van der Waals surface area contributed by atoms with Crippen LogP contribution in [0.4, 0.5) is 10.1 Å². The van der Waals surface area contributed by atoms with Crippen LogP contribution >= 0.6 is 11.6 Å². The number of halogens is 2. The summed E-state index contributed by atoms with van der Waals surface area (Å²) >= 11 is 6.34. The number of aromatic nitrogens is 1. The summed E-state index contributed by atoms with van der Waals surface area (Å²) in [5.74, 6) is -0.985. The Morgan fingerprint density at radius 1 is 0.949 bits per heavy atom. The van der Waals surface area contributed by atoms with Gasteiger partial charge < -0.3 is 15.4 Å². The van der Waals surface area contributed by atoms with E-state index in [-0.39, 0.29) is 42.4 Å². The molecule has 0 aliphatic rings. The molecule has 4 aromatic rings. The lowest BCUT2D eigenvalue weighted by Gasteiger charge is -2.20. The molecule has 0 aliphatic heterocycles. The van der Waals surface area contributed by atoms with Crippen molar-refractivity contribution in [3.8, 4) is 22.3 Å². The molecule has 200 valence electrons. The van der Waals surface area contributed by atoms with Crippen molar-refractivity contribution in [2.45, 2.75) is 26.3 Å². The van der Waals surface area contributed by atoms with E-state index in [0.29, 0.717) is 11.6 Å². The molecule has 0 radical (unpaired) electrons. The van der Waals surface area contributed by atoms with Crippen molar-refractivity contribution in [1.82, 2.24) is 10.3 Å². The molecule has 0 aliphatic carbocycles. The smallest absolute Gasteiger partial charge is 0.307 e. The summed E-state index contributed by atoms with van der Waals surface area (Å²) in [6.07, 6.45) is 1.74. The third-order valence-corrected chi connectivity index (χ3v) is 6.39. The third kappa shape index (κ3) is 7.42. The number of pyridine rings is 1. The van der Waals surface area contributed by atoms with Gasteiger partial charge in [-0.25, -0.2) is 4.39 Å². The van der Waals surface area contributed by atoms with E-state index in [9.17, 15) is 14.0 Å². The van der Waals surface area contributed by atoms with Crippen LogP contribution in [-0.2, 0) is 9.53 Å². The number of ether oxygens (including phenoxy) is 1. The summed E-state index contributed by atoms with van der Waals surface area (Å²) in [4.78, 5) is 28.2. The molecule has 0 saturated carbocycles. The van der Waals surface area contributed by atoms with Crippen LogP contribution in [0, 0.1) is 5.82 Å². The molecule has 2 N–H and O–H groups in total. The Morgan fingerprint density at radius 2 is 1.62 bits per heavy atom. The van der Waals surface area contributed by atoms with E-state index in [4.69, 9.17) is 16.3 Å². The predicted octanol–water partition coefficient (Wildman–Crippen LogP) is 7.06. The number of nitrogens with zero attached hydrogens (tertiary/aromatic N) is 1. The third-order valence-electron chi connectivity index (χ3n) is 6.15. The zero-order chi connectivity index (χ0) is 27.8. The number of anilines is 1. The van der Waals surface area contributed by atoms with Crippen molar-refractivity contribution >= 4 is 29.2 Å². The number of hydrogen-bond acceptors (Lipinski definition) is 5.